The predicted octanol–water partition coefficient (Wildman–Crippen LogP) is 2.59. The van der Waals surface area contributed by atoms with Gasteiger partial charge in [-0.25, -0.2) is 4.39 Å². The van der Waals surface area contributed by atoms with Crippen LogP contribution in [0.4, 0.5) is 4.39 Å². The number of benzene rings is 1. The van der Waals surface area contributed by atoms with Crippen LogP contribution < -0.4 is 5.32 Å². The molecule has 0 amide bonds. The van der Waals surface area contributed by atoms with Gasteiger partial charge >= 0.3 is 0 Å². The molecule has 3 nitrogen and oxygen atoms in total. The van der Waals surface area contributed by atoms with Crippen molar-refractivity contribution in [2.75, 3.05) is 13.2 Å². The quantitative estimate of drug-likeness (QED) is 0.796. The fraction of sp³-hybridized carbons (Fsp3) is 0.533. The largest absolute Gasteiger partial charge is 0.396 e. The van der Waals surface area contributed by atoms with Crippen molar-refractivity contribution >= 4 is 0 Å². The van der Waals surface area contributed by atoms with E-state index in [1.165, 1.54) is 6.07 Å². The zero-order chi connectivity index (χ0) is 14.3. The molecule has 1 aromatic rings. The van der Waals surface area contributed by atoms with Gasteiger partial charge in [-0.2, -0.15) is 5.26 Å². The summed E-state index contributed by atoms with van der Waals surface area (Å²) in [4.78, 5) is 0. The van der Waals surface area contributed by atoms with Crippen LogP contribution in [-0.4, -0.2) is 18.3 Å². The van der Waals surface area contributed by atoms with Crippen molar-refractivity contribution in [1.29, 1.82) is 5.26 Å². The molecular weight excluding hydrogens is 243 g/mol. The van der Waals surface area contributed by atoms with Crippen molar-refractivity contribution in [1.82, 2.24) is 5.32 Å². The van der Waals surface area contributed by atoms with Gasteiger partial charge in [0.05, 0.1) is 5.56 Å². The molecular formula is C15H21FN2O. The van der Waals surface area contributed by atoms with Crippen LogP contribution in [0.5, 0.6) is 0 Å². The first-order valence-corrected chi connectivity index (χ1v) is 6.49. The van der Waals surface area contributed by atoms with Gasteiger partial charge in [-0.05, 0) is 24.3 Å². The summed E-state index contributed by atoms with van der Waals surface area (Å²) in [5.41, 5.74) is 0.655. The molecule has 1 rings (SSSR count). The number of halogens is 1. The van der Waals surface area contributed by atoms with Crippen LogP contribution >= 0.6 is 0 Å². The highest BCUT2D eigenvalue weighted by molar-refractivity contribution is 5.34. The second kappa shape index (κ2) is 7.22. The minimum absolute atomic E-state index is 0.0616. The highest BCUT2D eigenvalue weighted by Crippen LogP contribution is 2.21. The molecule has 0 unspecified atom stereocenters. The molecule has 2 N–H and O–H groups in total. The maximum absolute atomic E-state index is 13.8. The molecule has 4 heteroatoms. The fourth-order valence-electron chi connectivity index (χ4n) is 1.98. The lowest BCUT2D eigenvalue weighted by Gasteiger charge is -2.24. The van der Waals surface area contributed by atoms with Gasteiger partial charge in [-0.3, -0.25) is 0 Å². The van der Waals surface area contributed by atoms with Crippen molar-refractivity contribution in [3.8, 4) is 6.07 Å². The summed E-state index contributed by atoms with van der Waals surface area (Å²) in [6, 6.07) is 6.69. The molecule has 0 bridgehead atoms. The van der Waals surface area contributed by atoms with Crippen LogP contribution in [0, 0.1) is 22.6 Å². The standard InChI is InChI=1S/C15H21FN2O/c1-15(2,7-4-8-19)11-18-10-13-6-3-5-12(9-17)14(13)16/h3,5-6,18-19H,4,7-8,10-11H2,1-2H3. The summed E-state index contributed by atoms with van der Waals surface area (Å²) >= 11 is 0. The average molecular weight is 264 g/mol. The van der Waals surface area contributed by atoms with Crippen molar-refractivity contribution in [2.24, 2.45) is 5.41 Å². The second-order valence-electron chi connectivity index (χ2n) is 5.49. The van der Waals surface area contributed by atoms with E-state index in [4.69, 9.17) is 10.4 Å². The van der Waals surface area contributed by atoms with Crippen LogP contribution in [-0.2, 0) is 6.54 Å². The van der Waals surface area contributed by atoms with E-state index in [-0.39, 0.29) is 17.6 Å². The lowest BCUT2D eigenvalue weighted by atomic mass is 9.88. The minimum Gasteiger partial charge on any atom is -0.396 e. The fourth-order valence-corrected chi connectivity index (χ4v) is 1.98. The zero-order valence-electron chi connectivity index (χ0n) is 11.5. The van der Waals surface area contributed by atoms with Gasteiger partial charge in [0.2, 0.25) is 0 Å². The van der Waals surface area contributed by atoms with Gasteiger partial charge < -0.3 is 10.4 Å². The monoisotopic (exact) mass is 264 g/mol. The lowest BCUT2D eigenvalue weighted by molar-refractivity contribution is 0.236. The first-order chi connectivity index (χ1) is 9.00. The molecule has 0 spiro atoms. The third kappa shape index (κ3) is 4.98. The van der Waals surface area contributed by atoms with Gasteiger partial charge in [0.25, 0.3) is 0 Å². The maximum Gasteiger partial charge on any atom is 0.145 e. The van der Waals surface area contributed by atoms with Gasteiger partial charge in [0.1, 0.15) is 11.9 Å². The Labute approximate surface area is 114 Å². The average Bonchev–Trinajstić information content (AvgIpc) is 2.38. The topological polar surface area (TPSA) is 56.0 Å². The summed E-state index contributed by atoms with van der Waals surface area (Å²) in [7, 11) is 0. The number of nitrogens with zero attached hydrogens (tertiary/aromatic N) is 1. The van der Waals surface area contributed by atoms with Gasteiger partial charge in [-0.1, -0.05) is 26.0 Å². The van der Waals surface area contributed by atoms with E-state index >= 15 is 0 Å². The Hall–Kier alpha value is -1.44. The normalized spacial score (nSPS) is 11.3. The lowest BCUT2D eigenvalue weighted by Crippen LogP contribution is -2.29. The Kier molecular flexibility index (Phi) is 5.94. The molecule has 0 atom stereocenters. The van der Waals surface area contributed by atoms with Crippen LogP contribution in [0.25, 0.3) is 0 Å². The number of hydrogen-bond acceptors (Lipinski definition) is 3. The Morgan fingerprint density at radius 1 is 1.42 bits per heavy atom. The second-order valence-corrected chi connectivity index (χ2v) is 5.49. The molecule has 0 heterocycles. The van der Waals surface area contributed by atoms with Crippen LogP contribution in [0.15, 0.2) is 18.2 Å². The first kappa shape index (κ1) is 15.6. The Bertz CT molecular complexity index is 452. The molecule has 0 aliphatic rings. The molecule has 104 valence electrons. The van der Waals surface area contributed by atoms with Crippen LogP contribution in [0.1, 0.15) is 37.8 Å². The number of hydrogen-bond donors (Lipinski definition) is 2. The third-order valence-electron chi connectivity index (χ3n) is 3.13. The molecule has 0 saturated carbocycles. The zero-order valence-corrected chi connectivity index (χ0v) is 11.5. The van der Waals surface area contributed by atoms with Gasteiger partial charge in [0, 0.05) is 25.3 Å². The van der Waals surface area contributed by atoms with Crippen molar-refractivity contribution in [2.45, 2.75) is 33.2 Å². The Morgan fingerprint density at radius 2 is 2.16 bits per heavy atom. The number of nitriles is 1. The SMILES string of the molecule is CC(C)(CCCO)CNCc1cccc(C#N)c1F. The van der Waals surface area contributed by atoms with E-state index in [1.54, 1.807) is 12.1 Å². The smallest absolute Gasteiger partial charge is 0.145 e. The number of rotatable bonds is 7. The molecule has 0 fully saturated rings. The molecule has 0 aromatic heterocycles. The minimum atomic E-state index is -0.439. The third-order valence-corrected chi connectivity index (χ3v) is 3.13. The molecule has 1 aromatic carbocycles. The number of aliphatic hydroxyl groups excluding tert-OH is 1. The van der Waals surface area contributed by atoms with E-state index < -0.39 is 5.82 Å². The molecule has 0 saturated heterocycles. The predicted molar refractivity (Wildman–Crippen MR) is 72.9 cm³/mol. The number of aliphatic hydroxyl groups is 1. The highest BCUT2D eigenvalue weighted by Gasteiger charge is 2.17. The summed E-state index contributed by atoms with van der Waals surface area (Å²) in [6.45, 7) is 5.56. The summed E-state index contributed by atoms with van der Waals surface area (Å²) < 4.78 is 13.8. The van der Waals surface area contributed by atoms with Crippen molar-refractivity contribution in [3.63, 3.8) is 0 Å². The van der Waals surface area contributed by atoms with E-state index in [2.05, 4.69) is 19.2 Å². The van der Waals surface area contributed by atoms with E-state index in [0.29, 0.717) is 12.1 Å². The molecule has 0 aliphatic carbocycles. The van der Waals surface area contributed by atoms with E-state index in [0.717, 1.165) is 19.4 Å². The van der Waals surface area contributed by atoms with Crippen LogP contribution in [0.3, 0.4) is 0 Å². The van der Waals surface area contributed by atoms with Gasteiger partial charge in [0.15, 0.2) is 0 Å². The van der Waals surface area contributed by atoms with Crippen molar-refractivity contribution in [3.05, 3.63) is 35.1 Å². The summed E-state index contributed by atoms with van der Waals surface area (Å²) in [6.07, 6.45) is 1.68. The van der Waals surface area contributed by atoms with Gasteiger partial charge in [-0.15, -0.1) is 0 Å². The number of nitrogens with one attached hydrogen (secondary N) is 1. The van der Waals surface area contributed by atoms with E-state index in [1.807, 2.05) is 6.07 Å². The molecule has 0 radical (unpaired) electrons. The Morgan fingerprint density at radius 3 is 2.79 bits per heavy atom. The summed E-state index contributed by atoms with van der Waals surface area (Å²) in [5.74, 6) is -0.439. The van der Waals surface area contributed by atoms with Crippen LogP contribution in [0.2, 0.25) is 0 Å². The molecule has 19 heavy (non-hydrogen) atoms. The van der Waals surface area contributed by atoms with E-state index in [9.17, 15) is 4.39 Å². The highest BCUT2D eigenvalue weighted by atomic mass is 19.1. The first-order valence-electron chi connectivity index (χ1n) is 6.49. The maximum atomic E-state index is 13.8. The molecule has 0 aliphatic heterocycles. The van der Waals surface area contributed by atoms with Crippen molar-refractivity contribution < 1.29 is 9.50 Å². The summed E-state index contributed by atoms with van der Waals surface area (Å²) in [5, 5.41) is 20.8. The Balaban J connectivity index is 2.52.